The molecule has 0 amide bonds. The van der Waals surface area contributed by atoms with Crippen LogP contribution in [0, 0.1) is 0 Å². The fourth-order valence-electron chi connectivity index (χ4n) is 2.32. The molecule has 0 saturated heterocycles. The molecule has 0 heterocycles. The van der Waals surface area contributed by atoms with E-state index in [-0.39, 0.29) is 6.10 Å². The first-order chi connectivity index (χ1) is 8.77. The molecule has 2 aromatic carbocycles. The van der Waals surface area contributed by atoms with Crippen LogP contribution in [-0.4, -0.2) is 12.2 Å². The standard InChI is InChI=1S/C16H20O2/c1-3-4-9-15(17)13-10-11-16(18-2)14-8-6-5-7-12(13)14/h5-8,10-11,15,17H,3-4,9H2,1-2H3. The number of aliphatic hydroxyl groups excluding tert-OH is 1. The van der Waals surface area contributed by atoms with E-state index in [1.807, 2.05) is 36.4 Å². The van der Waals surface area contributed by atoms with Crippen LogP contribution in [-0.2, 0) is 0 Å². The summed E-state index contributed by atoms with van der Waals surface area (Å²) in [5.74, 6) is 0.858. The Hall–Kier alpha value is -1.54. The normalized spacial score (nSPS) is 12.6. The summed E-state index contributed by atoms with van der Waals surface area (Å²) in [6.45, 7) is 2.14. The summed E-state index contributed by atoms with van der Waals surface area (Å²) in [6, 6.07) is 12.0. The molecule has 0 fully saturated rings. The third-order valence-electron chi connectivity index (χ3n) is 3.33. The van der Waals surface area contributed by atoms with Crippen molar-refractivity contribution in [1.29, 1.82) is 0 Å². The van der Waals surface area contributed by atoms with Gasteiger partial charge in [0.1, 0.15) is 5.75 Å². The minimum absolute atomic E-state index is 0.388. The Kier molecular flexibility index (Phi) is 4.21. The largest absolute Gasteiger partial charge is 0.496 e. The zero-order valence-electron chi connectivity index (χ0n) is 11.0. The molecule has 18 heavy (non-hydrogen) atoms. The average molecular weight is 244 g/mol. The van der Waals surface area contributed by atoms with Gasteiger partial charge in [-0.1, -0.05) is 50.1 Å². The zero-order chi connectivity index (χ0) is 13.0. The average Bonchev–Trinajstić information content (AvgIpc) is 2.43. The van der Waals surface area contributed by atoms with Gasteiger partial charge in [0.25, 0.3) is 0 Å². The van der Waals surface area contributed by atoms with Crippen molar-refractivity contribution in [2.45, 2.75) is 32.3 Å². The highest BCUT2D eigenvalue weighted by atomic mass is 16.5. The number of hydrogen-bond donors (Lipinski definition) is 1. The van der Waals surface area contributed by atoms with E-state index < -0.39 is 0 Å². The van der Waals surface area contributed by atoms with Gasteiger partial charge in [0.15, 0.2) is 0 Å². The van der Waals surface area contributed by atoms with Gasteiger partial charge in [-0.25, -0.2) is 0 Å². The second-order valence-corrected chi connectivity index (χ2v) is 4.56. The van der Waals surface area contributed by atoms with Crippen molar-refractivity contribution in [3.05, 3.63) is 42.0 Å². The van der Waals surface area contributed by atoms with E-state index in [0.717, 1.165) is 41.3 Å². The maximum Gasteiger partial charge on any atom is 0.126 e. The van der Waals surface area contributed by atoms with Crippen LogP contribution >= 0.6 is 0 Å². The van der Waals surface area contributed by atoms with Crippen molar-refractivity contribution in [3.8, 4) is 5.75 Å². The van der Waals surface area contributed by atoms with Gasteiger partial charge in [0, 0.05) is 5.39 Å². The van der Waals surface area contributed by atoms with Gasteiger partial charge in [-0.2, -0.15) is 0 Å². The zero-order valence-corrected chi connectivity index (χ0v) is 11.0. The maximum atomic E-state index is 10.3. The fourth-order valence-corrected chi connectivity index (χ4v) is 2.32. The van der Waals surface area contributed by atoms with Crippen molar-refractivity contribution in [3.63, 3.8) is 0 Å². The van der Waals surface area contributed by atoms with E-state index in [2.05, 4.69) is 6.92 Å². The number of benzene rings is 2. The van der Waals surface area contributed by atoms with E-state index >= 15 is 0 Å². The number of hydrogen-bond acceptors (Lipinski definition) is 2. The van der Waals surface area contributed by atoms with Crippen LogP contribution in [0.5, 0.6) is 5.75 Å². The van der Waals surface area contributed by atoms with Crippen molar-refractivity contribution in [2.24, 2.45) is 0 Å². The third-order valence-corrected chi connectivity index (χ3v) is 3.33. The lowest BCUT2D eigenvalue weighted by Crippen LogP contribution is -1.99. The summed E-state index contributed by atoms with van der Waals surface area (Å²) in [6.07, 6.45) is 2.57. The number of ether oxygens (including phenoxy) is 1. The summed E-state index contributed by atoms with van der Waals surface area (Å²) in [5.41, 5.74) is 1.000. The molecule has 1 atom stereocenters. The van der Waals surface area contributed by atoms with E-state index in [0.29, 0.717) is 0 Å². The van der Waals surface area contributed by atoms with Crippen molar-refractivity contribution in [2.75, 3.05) is 7.11 Å². The number of aliphatic hydroxyl groups is 1. The van der Waals surface area contributed by atoms with Crippen molar-refractivity contribution >= 4 is 10.8 Å². The van der Waals surface area contributed by atoms with Crippen molar-refractivity contribution in [1.82, 2.24) is 0 Å². The number of rotatable bonds is 5. The quantitative estimate of drug-likeness (QED) is 0.859. The lowest BCUT2D eigenvalue weighted by atomic mass is 9.97. The lowest BCUT2D eigenvalue weighted by molar-refractivity contribution is 0.165. The third kappa shape index (κ3) is 2.49. The Bertz CT molecular complexity index is 519. The summed E-state index contributed by atoms with van der Waals surface area (Å²) in [4.78, 5) is 0. The maximum absolute atomic E-state index is 10.3. The molecule has 0 bridgehead atoms. The van der Waals surface area contributed by atoms with Gasteiger partial charge in [-0.15, -0.1) is 0 Å². The van der Waals surface area contributed by atoms with Gasteiger partial charge in [-0.3, -0.25) is 0 Å². The topological polar surface area (TPSA) is 29.5 Å². The van der Waals surface area contributed by atoms with Gasteiger partial charge in [0.05, 0.1) is 13.2 Å². The highest BCUT2D eigenvalue weighted by Gasteiger charge is 2.12. The van der Waals surface area contributed by atoms with Crippen LogP contribution in [0.2, 0.25) is 0 Å². The van der Waals surface area contributed by atoms with E-state index in [1.165, 1.54) is 0 Å². The summed E-state index contributed by atoms with van der Waals surface area (Å²) in [7, 11) is 1.68. The molecule has 0 aromatic heterocycles. The SMILES string of the molecule is CCCCC(O)c1ccc(OC)c2ccccc12. The van der Waals surface area contributed by atoms with Crippen LogP contribution < -0.4 is 4.74 Å². The Balaban J connectivity index is 2.45. The predicted octanol–water partition coefficient (Wildman–Crippen LogP) is 4.07. The molecular weight excluding hydrogens is 224 g/mol. The summed E-state index contributed by atoms with van der Waals surface area (Å²) >= 11 is 0. The number of fused-ring (bicyclic) bond motifs is 1. The first-order valence-corrected chi connectivity index (χ1v) is 6.51. The van der Waals surface area contributed by atoms with Crippen LogP contribution in [0.4, 0.5) is 0 Å². The molecule has 1 N–H and O–H groups in total. The summed E-state index contributed by atoms with van der Waals surface area (Å²) < 4.78 is 5.36. The minimum atomic E-state index is -0.388. The van der Waals surface area contributed by atoms with E-state index in [1.54, 1.807) is 7.11 Å². The van der Waals surface area contributed by atoms with Crippen molar-refractivity contribution < 1.29 is 9.84 Å². The molecule has 1 unspecified atom stereocenters. The van der Waals surface area contributed by atoms with Crippen LogP contribution in [0.25, 0.3) is 10.8 Å². The first-order valence-electron chi connectivity index (χ1n) is 6.51. The Morgan fingerprint density at radius 3 is 2.50 bits per heavy atom. The molecule has 2 heteroatoms. The smallest absolute Gasteiger partial charge is 0.126 e. The monoisotopic (exact) mass is 244 g/mol. The van der Waals surface area contributed by atoms with Crippen LogP contribution in [0.15, 0.2) is 36.4 Å². The molecule has 0 aliphatic rings. The van der Waals surface area contributed by atoms with Crippen LogP contribution in [0.1, 0.15) is 37.9 Å². The lowest BCUT2D eigenvalue weighted by Gasteiger charge is -2.15. The van der Waals surface area contributed by atoms with E-state index in [4.69, 9.17) is 4.74 Å². The van der Waals surface area contributed by atoms with Gasteiger partial charge >= 0.3 is 0 Å². The molecule has 2 aromatic rings. The second-order valence-electron chi connectivity index (χ2n) is 4.56. The Morgan fingerprint density at radius 1 is 1.11 bits per heavy atom. The highest BCUT2D eigenvalue weighted by molar-refractivity contribution is 5.91. The highest BCUT2D eigenvalue weighted by Crippen LogP contribution is 2.33. The summed E-state index contributed by atoms with van der Waals surface area (Å²) in [5, 5.41) is 12.4. The number of unbranched alkanes of at least 4 members (excludes halogenated alkanes) is 1. The molecule has 0 aliphatic heterocycles. The Morgan fingerprint density at radius 2 is 1.83 bits per heavy atom. The fraction of sp³-hybridized carbons (Fsp3) is 0.375. The van der Waals surface area contributed by atoms with Gasteiger partial charge in [0.2, 0.25) is 0 Å². The predicted molar refractivity (Wildman–Crippen MR) is 75.0 cm³/mol. The van der Waals surface area contributed by atoms with Gasteiger partial charge in [-0.05, 0) is 23.4 Å². The second kappa shape index (κ2) is 5.87. The molecule has 0 saturated carbocycles. The first kappa shape index (κ1) is 12.9. The van der Waals surface area contributed by atoms with Gasteiger partial charge < -0.3 is 9.84 Å². The molecule has 2 rings (SSSR count). The van der Waals surface area contributed by atoms with Crippen LogP contribution in [0.3, 0.4) is 0 Å². The molecular formula is C16H20O2. The molecule has 0 aliphatic carbocycles. The molecule has 0 spiro atoms. The minimum Gasteiger partial charge on any atom is -0.496 e. The Labute approximate surface area is 108 Å². The number of methoxy groups -OCH3 is 1. The van der Waals surface area contributed by atoms with E-state index in [9.17, 15) is 5.11 Å². The molecule has 96 valence electrons. The molecule has 2 nitrogen and oxygen atoms in total. The molecule has 0 radical (unpaired) electrons.